The molecule has 8 heteroatoms. The smallest absolute Gasteiger partial charge is 0.253 e. The molecule has 0 unspecified atom stereocenters. The molecule has 1 amide bonds. The fourth-order valence-corrected chi connectivity index (χ4v) is 5.50. The van der Waals surface area contributed by atoms with Crippen molar-refractivity contribution in [2.24, 2.45) is 0 Å². The van der Waals surface area contributed by atoms with Gasteiger partial charge in [0.25, 0.3) is 5.91 Å². The van der Waals surface area contributed by atoms with Crippen LogP contribution in [0.25, 0.3) is 0 Å². The molecule has 1 aliphatic rings. The fraction of sp³-hybridized carbons (Fsp3) is 0.321. The molecule has 0 aliphatic carbocycles. The summed E-state index contributed by atoms with van der Waals surface area (Å²) in [6, 6.07) is 18.8. The van der Waals surface area contributed by atoms with Gasteiger partial charge in [-0.2, -0.15) is 0 Å². The van der Waals surface area contributed by atoms with Crippen LogP contribution < -0.4 is 9.21 Å². The van der Waals surface area contributed by atoms with Crippen molar-refractivity contribution in [1.82, 2.24) is 4.90 Å². The first kappa shape index (κ1) is 26.0. The minimum Gasteiger partial charge on any atom is -0.368 e. The Morgan fingerprint density at radius 3 is 2.11 bits per heavy atom. The van der Waals surface area contributed by atoms with Gasteiger partial charge >= 0.3 is 0 Å². The molecule has 6 nitrogen and oxygen atoms in total. The lowest BCUT2D eigenvalue weighted by Gasteiger charge is -2.37. The normalized spacial score (nSPS) is 14.1. The maximum Gasteiger partial charge on any atom is 0.253 e. The third-order valence-corrected chi connectivity index (χ3v) is 8.16. The van der Waals surface area contributed by atoms with E-state index in [9.17, 15) is 13.2 Å². The number of halogens is 1. The summed E-state index contributed by atoms with van der Waals surface area (Å²) in [6.07, 6.45) is 1.21. The molecule has 1 aliphatic heterocycles. The number of aryl methyl sites for hydroxylation is 3. The van der Waals surface area contributed by atoms with Crippen LogP contribution in [0.5, 0.6) is 0 Å². The minimum absolute atomic E-state index is 0.0156. The number of carbonyl (C=O) groups excluding carboxylic acids is 1. The fourth-order valence-electron chi connectivity index (χ4n) is 4.46. The van der Waals surface area contributed by atoms with Crippen LogP contribution in [0.1, 0.15) is 32.6 Å². The molecular weight excluding hydrogens is 494 g/mol. The van der Waals surface area contributed by atoms with Crippen molar-refractivity contribution < 1.29 is 13.2 Å². The van der Waals surface area contributed by atoms with Crippen molar-refractivity contribution in [2.75, 3.05) is 41.6 Å². The van der Waals surface area contributed by atoms with E-state index in [1.54, 1.807) is 12.1 Å². The highest BCUT2D eigenvalue weighted by Crippen LogP contribution is 2.26. The van der Waals surface area contributed by atoms with E-state index < -0.39 is 10.0 Å². The molecule has 0 aromatic heterocycles. The van der Waals surface area contributed by atoms with Crippen LogP contribution in [0.4, 0.5) is 11.4 Å². The maximum atomic E-state index is 13.1. The van der Waals surface area contributed by atoms with Gasteiger partial charge in [0.15, 0.2) is 0 Å². The van der Waals surface area contributed by atoms with Gasteiger partial charge in [-0.1, -0.05) is 35.9 Å². The summed E-state index contributed by atoms with van der Waals surface area (Å²) >= 11 is 6.18. The number of sulfonamides is 1. The van der Waals surface area contributed by atoms with Crippen LogP contribution in [-0.2, 0) is 16.6 Å². The van der Waals surface area contributed by atoms with Crippen molar-refractivity contribution in [2.45, 2.75) is 27.3 Å². The largest absolute Gasteiger partial charge is 0.368 e. The molecule has 0 bridgehead atoms. The second-order valence-electron chi connectivity index (χ2n) is 9.45. The first-order chi connectivity index (χ1) is 17.0. The number of rotatable bonds is 6. The zero-order valence-electron chi connectivity index (χ0n) is 21.2. The van der Waals surface area contributed by atoms with E-state index >= 15 is 0 Å². The highest BCUT2D eigenvalue weighted by molar-refractivity contribution is 7.92. The highest BCUT2D eigenvalue weighted by Gasteiger charge is 2.24. The van der Waals surface area contributed by atoms with E-state index in [1.165, 1.54) is 16.1 Å². The number of piperazine rings is 1. The molecule has 3 aromatic rings. The number of hydrogen-bond donors (Lipinski definition) is 0. The van der Waals surface area contributed by atoms with E-state index in [4.69, 9.17) is 11.6 Å². The summed E-state index contributed by atoms with van der Waals surface area (Å²) in [7, 11) is -3.48. The van der Waals surface area contributed by atoms with E-state index in [1.807, 2.05) is 67.3 Å². The number of nitrogens with zero attached hydrogens (tertiary/aromatic N) is 3. The van der Waals surface area contributed by atoms with Crippen molar-refractivity contribution in [1.29, 1.82) is 0 Å². The van der Waals surface area contributed by atoms with Crippen LogP contribution in [0.15, 0.2) is 60.7 Å². The Morgan fingerprint density at radius 2 is 1.50 bits per heavy atom. The third-order valence-electron chi connectivity index (χ3n) is 6.78. The standard InChI is InChI=1S/C28H32ClN3O3S/c1-20-6-12-26(17-22(20)3)32(36(4,34)35)19-23-7-9-24(10-8-23)28(33)31-15-13-30(14-16-31)27-18-25(29)11-5-21(27)2/h5-12,17-18H,13-16,19H2,1-4H3. The molecule has 0 N–H and O–H groups in total. The number of carbonyl (C=O) groups is 1. The molecule has 4 rings (SSSR count). The molecule has 0 saturated carbocycles. The zero-order chi connectivity index (χ0) is 26.0. The van der Waals surface area contributed by atoms with E-state index in [0.29, 0.717) is 29.4 Å². The molecule has 1 saturated heterocycles. The first-order valence-corrected chi connectivity index (χ1v) is 14.2. The van der Waals surface area contributed by atoms with Gasteiger partial charge < -0.3 is 9.80 Å². The Balaban J connectivity index is 1.43. The predicted molar refractivity (Wildman–Crippen MR) is 148 cm³/mol. The highest BCUT2D eigenvalue weighted by atomic mass is 35.5. The summed E-state index contributed by atoms with van der Waals surface area (Å²) in [6.45, 7) is 8.97. The molecule has 36 heavy (non-hydrogen) atoms. The average molecular weight is 526 g/mol. The van der Waals surface area contributed by atoms with E-state index in [-0.39, 0.29) is 12.5 Å². The van der Waals surface area contributed by atoms with Gasteiger partial charge in [-0.3, -0.25) is 9.10 Å². The van der Waals surface area contributed by atoms with Gasteiger partial charge in [-0.15, -0.1) is 0 Å². The van der Waals surface area contributed by atoms with Crippen molar-refractivity contribution >= 4 is 38.9 Å². The third kappa shape index (κ3) is 5.85. The van der Waals surface area contributed by atoms with Gasteiger partial charge in [0.1, 0.15) is 0 Å². The van der Waals surface area contributed by atoms with Gasteiger partial charge in [-0.05, 0) is 79.4 Å². The van der Waals surface area contributed by atoms with Crippen LogP contribution in [0, 0.1) is 20.8 Å². The number of hydrogen-bond acceptors (Lipinski definition) is 4. The van der Waals surface area contributed by atoms with Gasteiger partial charge in [-0.25, -0.2) is 8.42 Å². The predicted octanol–water partition coefficient (Wildman–Crippen LogP) is 5.19. The monoisotopic (exact) mass is 525 g/mol. The van der Waals surface area contributed by atoms with Crippen molar-refractivity contribution in [3.8, 4) is 0 Å². The molecule has 190 valence electrons. The first-order valence-electron chi connectivity index (χ1n) is 12.0. The molecule has 0 spiro atoms. The lowest BCUT2D eigenvalue weighted by molar-refractivity contribution is 0.0746. The molecular formula is C28H32ClN3O3S. The second-order valence-corrected chi connectivity index (χ2v) is 11.8. The van der Waals surface area contributed by atoms with E-state index in [0.717, 1.165) is 35.5 Å². The Bertz CT molecular complexity index is 1370. The SMILES string of the molecule is Cc1ccc(N(Cc2ccc(C(=O)N3CCN(c4cc(Cl)ccc4C)CC3)cc2)S(C)(=O)=O)cc1C. The van der Waals surface area contributed by atoms with Crippen molar-refractivity contribution in [3.63, 3.8) is 0 Å². The molecule has 1 heterocycles. The summed E-state index contributed by atoms with van der Waals surface area (Å²) in [4.78, 5) is 17.3. The quantitative estimate of drug-likeness (QED) is 0.444. The lowest BCUT2D eigenvalue weighted by atomic mass is 10.1. The molecule has 1 fully saturated rings. The number of anilines is 2. The Hall–Kier alpha value is -3.03. The summed E-state index contributed by atoms with van der Waals surface area (Å²) in [5.74, 6) is -0.0156. The maximum absolute atomic E-state index is 13.1. The summed E-state index contributed by atoms with van der Waals surface area (Å²) in [5, 5.41) is 0.709. The Kier molecular flexibility index (Phi) is 7.62. The van der Waals surface area contributed by atoms with Crippen molar-refractivity contribution in [3.05, 3.63) is 93.5 Å². The van der Waals surface area contributed by atoms with Crippen LogP contribution in [-0.4, -0.2) is 51.7 Å². The Morgan fingerprint density at radius 1 is 0.861 bits per heavy atom. The van der Waals surface area contributed by atoms with E-state index in [2.05, 4.69) is 11.8 Å². The van der Waals surface area contributed by atoms with Gasteiger partial charge in [0.05, 0.1) is 18.5 Å². The number of benzene rings is 3. The van der Waals surface area contributed by atoms with Crippen LogP contribution >= 0.6 is 11.6 Å². The molecule has 3 aromatic carbocycles. The summed E-state index contributed by atoms with van der Waals surface area (Å²) in [5.41, 5.74) is 6.47. The van der Waals surface area contributed by atoms with Crippen LogP contribution in [0.3, 0.4) is 0 Å². The molecule has 0 atom stereocenters. The topological polar surface area (TPSA) is 60.9 Å². The van der Waals surface area contributed by atoms with Gasteiger partial charge in [0, 0.05) is 42.5 Å². The second kappa shape index (κ2) is 10.5. The number of amides is 1. The molecule has 0 radical (unpaired) electrons. The zero-order valence-corrected chi connectivity index (χ0v) is 22.7. The van der Waals surface area contributed by atoms with Gasteiger partial charge in [0.2, 0.25) is 10.0 Å². The minimum atomic E-state index is -3.48. The average Bonchev–Trinajstić information content (AvgIpc) is 2.85. The van der Waals surface area contributed by atoms with Crippen LogP contribution in [0.2, 0.25) is 5.02 Å². The Labute approximate surface area is 219 Å². The lowest BCUT2D eigenvalue weighted by Crippen LogP contribution is -2.49. The summed E-state index contributed by atoms with van der Waals surface area (Å²) < 4.78 is 26.5.